The minimum atomic E-state index is -0.680. The molecule has 0 heterocycles. The van der Waals surface area contributed by atoms with Crippen LogP contribution >= 0.6 is 0 Å². The van der Waals surface area contributed by atoms with E-state index in [0.29, 0.717) is 0 Å². The molecule has 2 amide bonds. The molecule has 0 aromatic heterocycles. The molecule has 0 atom stereocenters. The molecule has 0 fully saturated rings. The van der Waals surface area contributed by atoms with Gasteiger partial charge in [-0.05, 0) is 12.1 Å². The second-order valence-electron chi connectivity index (χ2n) is 4.85. The lowest BCUT2D eigenvalue weighted by Crippen LogP contribution is -2.31. The number of ether oxygens (including phenoxy) is 2. The predicted octanol–water partition coefficient (Wildman–Crippen LogP) is 0.468. The van der Waals surface area contributed by atoms with Crippen LogP contribution in [0.25, 0.3) is 0 Å². The Balaban J connectivity index is 2.47. The lowest BCUT2D eigenvalue weighted by Gasteiger charge is -2.11. The van der Waals surface area contributed by atoms with Gasteiger partial charge in [-0.1, -0.05) is 25.3 Å². The number of benzene rings is 1. The Hall–Kier alpha value is -3.50. The third-order valence-corrected chi connectivity index (χ3v) is 2.94. The molecule has 0 radical (unpaired) electrons. The number of carbonyl (C=O) groups is 4. The Labute approximate surface area is 161 Å². The molecule has 0 aliphatic rings. The number of esters is 2. The third-order valence-electron chi connectivity index (χ3n) is 2.94. The van der Waals surface area contributed by atoms with E-state index in [0.717, 1.165) is 12.2 Å². The van der Waals surface area contributed by atoms with E-state index in [-0.39, 0.29) is 37.6 Å². The zero-order chi connectivity index (χ0) is 20.8. The molecule has 10 nitrogen and oxygen atoms in total. The second-order valence-corrected chi connectivity index (χ2v) is 4.85. The standard InChI is InChI=1S/C18H20N2O8/c1-3-15(21)25-9-11-27-19-17(23)13-7-5-6-8-14(13)18(24)20-28-12-10-26-16(22)4-2/h3-8H,1-2,9-12H2,(H,19,23)(H,20,24). The van der Waals surface area contributed by atoms with Crippen molar-refractivity contribution >= 4 is 23.8 Å². The van der Waals surface area contributed by atoms with Crippen LogP contribution in [0.3, 0.4) is 0 Å². The summed E-state index contributed by atoms with van der Waals surface area (Å²) in [5.74, 6) is -2.59. The highest BCUT2D eigenvalue weighted by atomic mass is 16.7. The van der Waals surface area contributed by atoms with E-state index in [2.05, 4.69) is 33.6 Å². The highest BCUT2D eigenvalue weighted by Gasteiger charge is 2.17. The monoisotopic (exact) mass is 392 g/mol. The van der Waals surface area contributed by atoms with Crippen molar-refractivity contribution in [3.63, 3.8) is 0 Å². The number of amides is 2. The van der Waals surface area contributed by atoms with E-state index < -0.39 is 23.8 Å². The van der Waals surface area contributed by atoms with Crippen molar-refractivity contribution in [2.45, 2.75) is 0 Å². The second kappa shape index (κ2) is 12.8. The van der Waals surface area contributed by atoms with Crippen LogP contribution in [0.2, 0.25) is 0 Å². The maximum atomic E-state index is 12.2. The fourth-order valence-electron chi connectivity index (χ4n) is 1.71. The summed E-state index contributed by atoms with van der Waals surface area (Å²) in [6.45, 7) is 6.12. The summed E-state index contributed by atoms with van der Waals surface area (Å²) in [7, 11) is 0. The van der Waals surface area contributed by atoms with Crippen LogP contribution in [0.15, 0.2) is 49.6 Å². The Morgan fingerprint density at radius 3 is 1.50 bits per heavy atom. The van der Waals surface area contributed by atoms with Crippen LogP contribution in [-0.2, 0) is 28.7 Å². The molecule has 1 aromatic carbocycles. The SMILES string of the molecule is C=CC(=O)OCCONC(=O)c1ccccc1C(=O)NOCCOC(=O)C=C. The van der Waals surface area contributed by atoms with Crippen molar-refractivity contribution in [2.75, 3.05) is 26.4 Å². The normalized spacial score (nSPS) is 9.71. The zero-order valence-electron chi connectivity index (χ0n) is 15.0. The summed E-state index contributed by atoms with van der Waals surface area (Å²) >= 11 is 0. The quantitative estimate of drug-likeness (QED) is 0.227. The Bertz CT molecular complexity index is 671. The molecule has 0 bridgehead atoms. The number of hydrogen-bond acceptors (Lipinski definition) is 8. The number of hydrogen-bond donors (Lipinski definition) is 2. The summed E-state index contributed by atoms with van der Waals surface area (Å²) in [4.78, 5) is 55.8. The maximum absolute atomic E-state index is 12.2. The van der Waals surface area contributed by atoms with Crippen molar-refractivity contribution in [1.29, 1.82) is 0 Å². The van der Waals surface area contributed by atoms with E-state index in [1.54, 1.807) is 12.1 Å². The van der Waals surface area contributed by atoms with Crippen molar-refractivity contribution in [3.8, 4) is 0 Å². The number of nitrogens with one attached hydrogen (secondary N) is 2. The first-order valence-electron chi connectivity index (χ1n) is 8.01. The molecule has 28 heavy (non-hydrogen) atoms. The van der Waals surface area contributed by atoms with E-state index in [4.69, 9.17) is 9.68 Å². The topological polar surface area (TPSA) is 129 Å². The lowest BCUT2D eigenvalue weighted by molar-refractivity contribution is -0.140. The molecule has 1 aromatic rings. The first kappa shape index (κ1) is 22.5. The highest BCUT2D eigenvalue weighted by Crippen LogP contribution is 2.08. The first-order valence-corrected chi connectivity index (χ1v) is 8.01. The molecule has 1 rings (SSSR count). The Kier molecular flexibility index (Phi) is 10.3. The van der Waals surface area contributed by atoms with Crippen molar-refractivity contribution in [1.82, 2.24) is 11.0 Å². The fourth-order valence-corrected chi connectivity index (χ4v) is 1.71. The number of hydroxylamine groups is 2. The van der Waals surface area contributed by atoms with Gasteiger partial charge >= 0.3 is 11.9 Å². The number of carbonyl (C=O) groups excluding carboxylic acids is 4. The summed E-state index contributed by atoms with van der Waals surface area (Å²) in [6.07, 6.45) is 2.00. The predicted molar refractivity (Wildman–Crippen MR) is 95.6 cm³/mol. The van der Waals surface area contributed by atoms with Gasteiger partial charge in [-0.15, -0.1) is 0 Å². The molecule has 10 heteroatoms. The lowest BCUT2D eigenvalue weighted by atomic mass is 10.1. The highest BCUT2D eigenvalue weighted by molar-refractivity contribution is 6.06. The van der Waals surface area contributed by atoms with Gasteiger partial charge in [0, 0.05) is 12.2 Å². The van der Waals surface area contributed by atoms with Crippen LogP contribution < -0.4 is 11.0 Å². The van der Waals surface area contributed by atoms with Crippen molar-refractivity contribution in [2.24, 2.45) is 0 Å². The van der Waals surface area contributed by atoms with Crippen molar-refractivity contribution in [3.05, 3.63) is 60.7 Å². The van der Waals surface area contributed by atoms with Crippen LogP contribution in [0.4, 0.5) is 0 Å². The smallest absolute Gasteiger partial charge is 0.330 e. The van der Waals surface area contributed by atoms with Gasteiger partial charge in [0.25, 0.3) is 11.8 Å². The zero-order valence-corrected chi connectivity index (χ0v) is 15.0. The largest absolute Gasteiger partial charge is 0.460 e. The number of rotatable bonds is 12. The summed E-state index contributed by atoms with van der Waals surface area (Å²) in [5, 5.41) is 0. The molecule has 0 aliphatic heterocycles. The Morgan fingerprint density at radius 2 is 1.14 bits per heavy atom. The van der Waals surface area contributed by atoms with Gasteiger partial charge in [-0.2, -0.15) is 0 Å². The maximum Gasteiger partial charge on any atom is 0.330 e. The minimum Gasteiger partial charge on any atom is -0.460 e. The molecule has 0 spiro atoms. The molecule has 0 aliphatic carbocycles. The summed E-state index contributed by atoms with van der Waals surface area (Å²) < 4.78 is 9.35. The first-order chi connectivity index (χ1) is 13.5. The van der Waals surface area contributed by atoms with Crippen LogP contribution in [0, 0.1) is 0 Å². The fraction of sp³-hybridized carbons (Fsp3) is 0.222. The van der Waals surface area contributed by atoms with Gasteiger partial charge in [0.05, 0.1) is 11.1 Å². The van der Waals surface area contributed by atoms with Crippen LogP contribution in [0.5, 0.6) is 0 Å². The van der Waals surface area contributed by atoms with Crippen LogP contribution in [-0.4, -0.2) is 50.2 Å². The van der Waals surface area contributed by atoms with E-state index in [1.807, 2.05) is 0 Å². The van der Waals surface area contributed by atoms with Gasteiger partial charge in [-0.25, -0.2) is 20.5 Å². The molecular formula is C18H20N2O8. The molecular weight excluding hydrogens is 372 g/mol. The van der Waals surface area contributed by atoms with Crippen LogP contribution in [0.1, 0.15) is 20.7 Å². The molecule has 150 valence electrons. The van der Waals surface area contributed by atoms with E-state index >= 15 is 0 Å². The molecule has 0 saturated carbocycles. The third kappa shape index (κ3) is 8.25. The van der Waals surface area contributed by atoms with E-state index in [9.17, 15) is 19.2 Å². The minimum absolute atomic E-state index is 0.0322. The van der Waals surface area contributed by atoms with Gasteiger partial charge in [0.15, 0.2) is 0 Å². The molecule has 2 N–H and O–H groups in total. The van der Waals surface area contributed by atoms with Gasteiger partial charge < -0.3 is 9.47 Å². The average molecular weight is 392 g/mol. The van der Waals surface area contributed by atoms with Gasteiger partial charge in [0.2, 0.25) is 0 Å². The summed E-state index contributed by atoms with van der Waals surface area (Å²) in [6, 6.07) is 5.95. The average Bonchev–Trinajstić information content (AvgIpc) is 2.72. The van der Waals surface area contributed by atoms with Gasteiger partial charge in [-0.3, -0.25) is 19.3 Å². The van der Waals surface area contributed by atoms with E-state index in [1.165, 1.54) is 12.1 Å². The van der Waals surface area contributed by atoms with Crippen molar-refractivity contribution < 1.29 is 38.3 Å². The molecule has 0 saturated heterocycles. The summed E-state index contributed by atoms with van der Waals surface area (Å²) in [5.41, 5.74) is 4.34. The molecule has 0 unspecified atom stereocenters. The Morgan fingerprint density at radius 1 is 0.750 bits per heavy atom. The van der Waals surface area contributed by atoms with Gasteiger partial charge in [0.1, 0.15) is 26.4 Å².